The van der Waals surface area contributed by atoms with Crippen LogP contribution < -0.4 is 9.47 Å². The van der Waals surface area contributed by atoms with Gasteiger partial charge in [0, 0.05) is 6.54 Å². The molecule has 1 aliphatic rings. The molecule has 1 aliphatic heterocycles. The molecular formula is C26H25NO6. The summed E-state index contributed by atoms with van der Waals surface area (Å²) in [5, 5.41) is 10.8. The fourth-order valence-corrected chi connectivity index (χ4v) is 4.07. The van der Waals surface area contributed by atoms with E-state index in [1.54, 1.807) is 37.3 Å². The van der Waals surface area contributed by atoms with Crippen LogP contribution in [0.4, 0.5) is 0 Å². The number of aliphatic hydroxyl groups excluding tert-OH is 1. The first-order valence-corrected chi connectivity index (χ1v) is 10.6. The predicted molar refractivity (Wildman–Crippen MR) is 122 cm³/mol. The Balaban J connectivity index is 1.77. The lowest BCUT2D eigenvalue weighted by Gasteiger charge is -2.27. The van der Waals surface area contributed by atoms with E-state index in [2.05, 4.69) is 0 Å². The normalized spacial score (nSPS) is 15.8. The molecule has 0 bridgehead atoms. The molecule has 1 N–H and O–H groups in total. The lowest BCUT2D eigenvalue weighted by atomic mass is 9.94. The number of furan rings is 1. The van der Waals surface area contributed by atoms with Crippen molar-refractivity contribution < 1.29 is 28.6 Å². The molecule has 1 atom stereocenters. The highest BCUT2D eigenvalue weighted by Crippen LogP contribution is 2.41. The predicted octanol–water partition coefficient (Wildman–Crippen LogP) is 4.43. The zero-order valence-corrected chi connectivity index (χ0v) is 18.7. The number of methoxy groups -OCH3 is 2. The first kappa shape index (κ1) is 22.2. The van der Waals surface area contributed by atoms with Crippen LogP contribution in [0.1, 0.15) is 33.5 Å². The lowest BCUT2D eigenvalue weighted by Crippen LogP contribution is -2.33. The average molecular weight is 447 g/mol. The number of hydrogen-bond donors (Lipinski definition) is 1. The maximum absolute atomic E-state index is 13.4. The van der Waals surface area contributed by atoms with Crippen molar-refractivity contribution in [2.24, 2.45) is 0 Å². The second kappa shape index (κ2) is 9.24. The monoisotopic (exact) mass is 447 g/mol. The largest absolute Gasteiger partial charge is 0.503 e. The van der Waals surface area contributed by atoms with Crippen molar-refractivity contribution in [1.29, 1.82) is 0 Å². The lowest BCUT2D eigenvalue weighted by molar-refractivity contribution is -0.129. The summed E-state index contributed by atoms with van der Waals surface area (Å²) < 4.78 is 16.3. The number of aryl methyl sites for hydroxylation is 1. The van der Waals surface area contributed by atoms with Crippen LogP contribution >= 0.6 is 0 Å². The third-order valence-corrected chi connectivity index (χ3v) is 5.72. The molecule has 1 aromatic heterocycles. The van der Waals surface area contributed by atoms with Crippen molar-refractivity contribution in [3.63, 3.8) is 0 Å². The number of carbonyl (C=O) groups is 2. The van der Waals surface area contributed by atoms with Crippen LogP contribution in [0.15, 0.2) is 76.4 Å². The Hall–Kier alpha value is -4.00. The van der Waals surface area contributed by atoms with Crippen molar-refractivity contribution in [1.82, 2.24) is 4.90 Å². The van der Waals surface area contributed by atoms with Crippen molar-refractivity contribution in [3.8, 4) is 11.5 Å². The van der Waals surface area contributed by atoms with Gasteiger partial charge >= 0.3 is 0 Å². The SMILES string of the molecule is COc1ccc([C@H]2C(C(=O)c3ccc(C)o3)=C(O)C(=O)N2CCc2ccccc2)cc1OC. The highest BCUT2D eigenvalue weighted by molar-refractivity contribution is 6.15. The second-order valence-corrected chi connectivity index (χ2v) is 7.75. The Labute approximate surface area is 191 Å². The summed E-state index contributed by atoms with van der Waals surface area (Å²) in [5.41, 5.74) is 1.64. The van der Waals surface area contributed by atoms with Gasteiger partial charge in [0.25, 0.3) is 5.91 Å². The summed E-state index contributed by atoms with van der Waals surface area (Å²) in [5.74, 6) is -0.0968. The summed E-state index contributed by atoms with van der Waals surface area (Å²) in [6.07, 6.45) is 0.560. The van der Waals surface area contributed by atoms with E-state index in [0.29, 0.717) is 35.8 Å². The van der Waals surface area contributed by atoms with Gasteiger partial charge in [-0.15, -0.1) is 0 Å². The minimum Gasteiger partial charge on any atom is -0.503 e. The van der Waals surface area contributed by atoms with Crippen LogP contribution in [0.25, 0.3) is 0 Å². The third-order valence-electron chi connectivity index (χ3n) is 5.72. The molecule has 0 radical (unpaired) electrons. The molecule has 0 aliphatic carbocycles. The average Bonchev–Trinajstić information content (AvgIpc) is 3.38. The van der Waals surface area contributed by atoms with Gasteiger partial charge in [-0.05, 0) is 48.7 Å². The maximum atomic E-state index is 13.4. The summed E-state index contributed by atoms with van der Waals surface area (Å²) >= 11 is 0. The van der Waals surface area contributed by atoms with E-state index in [1.807, 2.05) is 30.3 Å². The molecule has 0 saturated carbocycles. The van der Waals surface area contributed by atoms with Gasteiger partial charge in [0.2, 0.25) is 5.78 Å². The number of aliphatic hydroxyl groups is 1. The highest BCUT2D eigenvalue weighted by atomic mass is 16.5. The standard InChI is InChI=1S/C26H25NO6/c1-16-9-11-20(33-16)24(28)22-23(18-10-12-19(31-2)21(15-18)32-3)27(26(30)25(22)29)14-13-17-7-5-4-6-8-17/h4-12,15,23,29H,13-14H2,1-3H3/t23-/m0/s1. The van der Waals surface area contributed by atoms with E-state index in [4.69, 9.17) is 13.9 Å². The molecule has 33 heavy (non-hydrogen) atoms. The van der Waals surface area contributed by atoms with Crippen LogP contribution in [0.2, 0.25) is 0 Å². The van der Waals surface area contributed by atoms with Gasteiger partial charge in [-0.3, -0.25) is 9.59 Å². The Morgan fingerprint density at radius 2 is 1.76 bits per heavy atom. The van der Waals surface area contributed by atoms with Gasteiger partial charge in [-0.2, -0.15) is 0 Å². The molecule has 7 heteroatoms. The zero-order chi connectivity index (χ0) is 23.5. The fraction of sp³-hybridized carbons (Fsp3) is 0.231. The van der Waals surface area contributed by atoms with Crippen molar-refractivity contribution in [2.75, 3.05) is 20.8 Å². The quantitative estimate of drug-likeness (QED) is 0.514. The van der Waals surface area contributed by atoms with E-state index in [1.165, 1.54) is 19.1 Å². The number of ketones is 1. The van der Waals surface area contributed by atoms with Crippen LogP contribution in [0.3, 0.4) is 0 Å². The first-order chi connectivity index (χ1) is 15.9. The number of rotatable bonds is 8. The molecule has 7 nitrogen and oxygen atoms in total. The van der Waals surface area contributed by atoms with E-state index in [-0.39, 0.29) is 11.3 Å². The molecular weight excluding hydrogens is 422 g/mol. The summed E-state index contributed by atoms with van der Waals surface area (Å²) in [6, 6.07) is 17.3. The number of benzene rings is 2. The summed E-state index contributed by atoms with van der Waals surface area (Å²) in [7, 11) is 3.04. The molecule has 0 unspecified atom stereocenters. The Morgan fingerprint density at radius 3 is 2.39 bits per heavy atom. The smallest absolute Gasteiger partial charge is 0.290 e. The topological polar surface area (TPSA) is 89.2 Å². The number of Topliss-reactive ketones (excluding diaryl/α,β-unsaturated/α-hetero) is 1. The van der Waals surface area contributed by atoms with E-state index < -0.39 is 23.5 Å². The zero-order valence-electron chi connectivity index (χ0n) is 18.7. The Kier molecular flexibility index (Phi) is 6.22. The van der Waals surface area contributed by atoms with E-state index in [0.717, 1.165) is 5.56 Å². The van der Waals surface area contributed by atoms with Gasteiger partial charge in [-0.1, -0.05) is 36.4 Å². The molecule has 1 amide bonds. The molecule has 0 saturated heterocycles. The summed E-state index contributed by atoms with van der Waals surface area (Å²) in [4.78, 5) is 28.0. The number of amides is 1. The van der Waals surface area contributed by atoms with Crippen LogP contribution in [0.5, 0.6) is 11.5 Å². The van der Waals surface area contributed by atoms with Gasteiger partial charge in [0.05, 0.1) is 25.8 Å². The van der Waals surface area contributed by atoms with Gasteiger partial charge in [0.1, 0.15) is 5.76 Å². The number of hydrogen-bond acceptors (Lipinski definition) is 6. The molecule has 170 valence electrons. The molecule has 4 rings (SSSR count). The minimum absolute atomic E-state index is 0.0189. The molecule has 0 spiro atoms. The molecule has 2 heterocycles. The highest BCUT2D eigenvalue weighted by Gasteiger charge is 2.44. The van der Waals surface area contributed by atoms with Crippen molar-refractivity contribution in [3.05, 3.63) is 94.6 Å². The maximum Gasteiger partial charge on any atom is 0.290 e. The minimum atomic E-state index is -0.807. The first-order valence-electron chi connectivity index (χ1n) is 10.6. The van der Waals surface area contributed by atoms with Gasteiger partial charge < -0.3 is 23.9 Å². The fourth-order valence-electron chi connectivity index (χ4n) is 4.07. The van der Waals surface area contributed by atoms with Gasteiger partial charge in [-0.25, -0.2) is 0 Å². The molecule has 3 aromatic rings. The third kappa shape index (κ3) is 4.22. The second-order valence-electron chi connectivity index (χ2n) is 7.75. The van der Waals surface area contributed by atoms with Gasteiger partial charge in [0.15, 0.2) is 23.0 Å². The van der Waals surface area contributed by atoms with Crippen LogP contribution in [-0.4, -0.2) is 42.5 Å². The number of ether oxygens (including phenoxy) is 2. The Bertz CT molecular complexity index is 1210. The molecule has 2 aromatic carbocycles. The van der Waals surface area contributed by atoms with E-state index >= 15 is 0 Å². The van der Waals surface area contributed by atoms with E-state index in [9.17, 15) is 14.7 Å². The number of nitrogens with zero attached hydrogens (tertiary/aromatic N) is 1. The number of carbonyl (C=O) groups excluding carboxylic acids is 2. The van der Waals surface area contributed by atoms with Crippen LogP contribution in [0, 0.1) is 6.92 Å². The molecule has 0 fully saturated rings. The van der Waals surface area contributed by atoms with Crippen molar-refractivity contribution in [2.45, 2.75) is 19.4 Å². The Morgan fingerprint density at radius 1 is 1.03 bits per heavy atom. The van der Waals surface area contributed by atoms with Crippen molar-refractivity contribution >= 4 is 11.7 Å². The summed E-state index contributed by atoms with van der Waals surface area (Å²) in [6.45, 7) is 2.03. The van der Waals surface area contributed by atoms with Crippen LogP contribution in [-0.2, 0) is 11.2 Å².